The molecule has 0 aromatic rings. The van der Waals surface area contributed by atoms with Crippen molar-refractivity contribution in [3.05, 3.63) is 0 Å². The average Bonchev–Trinajstić information content (AvgIpc) is 1.65. The van der Waals surface area contributed by atoms with Crippen molar-refractivity contribution in [3.63, 3.8) is 0 Å². The molecule has 0 amide bonds. The number of hydrogen-bond acceptors (Lipinski definition) is 2. The van der Waals surface area contributed by atoms with Gasteiger partial charge in [0.1, 0.15) is 5.56 Å². The SMILES string of the molecule is CCC(O)Cl.CN(C)C. The van der Waals surface area contributed by atoms with Crippen molar-refractivity contribution in [1.82, 2.24) is 4.90 Å². The molecule has 0 aromatic carbocycles. The molecule has 0 fully saturated rings. The Morgan fingerprint density at radius 2 is 1.56 bits per heavy atom. The van der Waals surface area contributed by atoms with E-state index in [1.54, 1.807) is 0 Å². The number of halogens is 1. The van der Waals surface area contributed by atoms with E-state index in [0.717, 1.165) is 0 Å². The number of aliphatic hydroxyl groups is 1. The van der Waals surface area contributed by atoms with Gasteiger partial charge in [-0.25, -0.2) is 0 Å². The normalized spacial score (nSPS) is 12.3. The first-order valence-corrected chi connectivity index (χ1v) is 3.37. The molecule has 0 bridgehead atoms. The average molecular weight is 154 g/mol. The molecule has 0 aliphatic heterocycles. The Balaban J connectivity index is 0. The largest absolute Gasteiger partial charge is 0.378 e. The van der Waals surface area contributed by atoms with Crippen LogP contribution in [-0.2, 0) is 0 Å². The van der Waals surface area contributed by atoms with Gasteiger partial charge in [0.25, 0.3) is 0 Å². The van der Waals surface area contributed by atoms with E-state index in [-0.39, 0.29) is 0 Å². The first kappa shape index (κ1) is 11.9. The monoisotopic (exact) mass is 153 g/mol. The second-order valence-corrected chi connectivity index (χ2v) is 2.69. The third-order valence-electron chi connectivity index (χ3n) is 0.337. The van der Waals surface area contributed by atoms with Gasteiger partial charge in [-0.15, -0.1) is 0 Å². The minimum atomic E-state index is -0.644. The van der Waals surface area contributed by atoms with E-state index in [1.165, 1.54) is 0 Å². The molecule has 0 radical (unpaired) electrons. The molecule has 0 rings (SSSR count). The Bertz CT molecular complexity index is 45.6. The van der Waals surface area contributed by atoms with Crippen molar-refractivity contribution < 1.29 is 5.11 Å². The fourth-order valence-corrected chi connectivity index (χ4v) is 0. The summed E-state index contributed by atoms with van der Waals surface area (Å²) in [5, 5.41) is 8.13. The molecule has 0 saturated heterocycles. The molecule has 0 heterocycles. The Morgan fingerprint density at radius 1 is 1.44 bits per heavy atom. The van der Waals surface area contributed by atoms with Crippen LogP contribution in [0.4, 0.5) is 0 Å². The van der Waals surface area contributed by atoms with E-state index in [0.29, 0.717) is 6.42 Å². The second-order valence-electron chi connectivity index (χ2n) is 2.18. The lowest BCUT2D eigenvalue weighted by Gasteiger charge is -1.90. The molecule has 1 unspecified atom stereocenters. The minimum absolute atomic E-state index is 0.627. The van der Waals surface area contributed by atoms with Crippen LogP contribution >= 0.6 is 11.6 Å². The van der Waals surface area contributed by atoms with Crippen molar-refractivity contribution in [2.75, 3.05) is 21.1 Å². The number of aliphatic hydroxyl groups excluding tert-OH is 1. The third kappa shape index (κ3) is 64.8. The van der Waals surface area contributed by atoms with Crippen molar-refractivity contribution >= 4 is 11.6 Å². The summed E-state index contributed by atoms with van der Waals surface area (Å²) < 4.78 is 0. The fraction of sp³-hybridized carbons (Fsp3) is 1.00. The first-order valence-electron chi connectivity index (χ1n) is 2.93. The molecule has 9 heavy (non-hydrogen) atoms. The van der Waals surface area contributed by atoms with Crippen LogP contribution in [0, 0.1) is 0 Å². The number of alkyl halides is 1. The highest BCUT2D eigenvalue weighted by molar-refractivity contribution is 6.19. The summed E-state index contributed by atoms with van der Waals surface area (Å²) in [7, 11) is 6.00. The van der Waals surface area contributed by atoms with Gasteiger partial charge < -0.3 is 10.0 Å². The highest BCUT2D eigenvalue weighted by atomic mass is 35.5. The molecule has 1 N–H and O–H groups in total. The molecule has 2 nitrogen and oxygen atoms in total. The maximum Gasteiger partial charge on any atom is 0.127 e. The zero-order valence-corrected chi connectivity index (χ0v) is 7.31. The lowest BCUT2D eigenvalue weighted by molar-refractivity contribution is 0.252. The summed E-state index contributed by atoms with van der Waals surface area (Å²) in [5.74, 6) is 0. The van der Waals surface area contributed by atoms with Gasteiger partial charge in [0.2, 0.25) is 0 Å². The predicted octanol–water partition coefficient (Wildman–Crippen LogP) is 1.13. The molecule has 58 valence electrons. The Kier molecular flexibility index (Phi) is 10.9. The molecule has 1 atom stereocenters. The van der Waals surface area contributed by atoms with Gasteiger partial charge in [-0.05, 0) is 27.6 Å². The maximum atomic E-state index is 8.13. The van der Waals surface area contributed by atoms with Crippen LogP contribution in [-0.4, -0.2) is 36.7 Å². The molecular formula is C6H16ClNO. The van der Waals surface area contributed by atoms with Crippen LogP contribution in [0.15, 0.2) is 0 Å². The van der Waals surface area contributed by atoms with Crippen molar-refractivity contribution in [3.8, 4) is 0 Å². The quantitative estimate of drug-likeness (QED) is 0.571. The molecule has 0 aliphatic rings. The van der Waals surface area contributed by atoms with E-state index in [4.69, 9.17) is 16.7 Å². The van der Waals surface area contributed by atoms with Crippen molar-refractivity contribution in [1.29, 1.82) is 0 Å². The zero-order chi connectivity index (χ0) is 7.86. The van der Waals surface area contributed by atoms with Gasteiger partial charge >= 0.3 is 0 Å². The van der Waals surface area contributed by atoms with E-state index >= 15 is 0 Å². The zero-order valence-electron chi connectivity index (χ0n) is 6.56. The van der Waals surface area contributed by atoms with E-state index in [1.807, 2.05) is 33.0 Å². The Morgan fingerprint density at radius 3 is 1.56 bits per heavy atom. The molecular weight excluding hydrogens is 138 g/mol. The van der Waals surface area contributed by atoms with Crippen molar-refractivity contribution in [2.45, 2.75) is 18.9 Å². The van der Waals surface area contributed by atoms with Gasteiger partial charge in [-0.1, -0.05) is 18.5 Å². The van der Waals surface area contributed by atoms with Gasteiger partial charge in [0.15, 0.2) is 0 Å². The summed E-state index contributed by atoms with van der Waals surface area (Å²) in [5.41, 5.74) is -0.644. The highest BCUT2D eigenvalue weighted by Crippen LogP contribution is 1.91. The third-order valence-corrected chi connectivity index (χ3v) is 0.645. The molecule has 0 aliphatic carbocycles. The minimum Gasteiger partial charge on any atom is -0.378 e. The van der Waals surface area contributed by atoms with Crippen molar-refractivity contribution in [2.24, 2.45) is 0 Å². The number of nitrogens with zero attached hydrogens (tertiary/aromatic N) is 1. The first-order chi connectivity index (χ1) is 4.00. The Hall–Kier alpha value is 0.210. The van der Waals surface area contributed by atoms with Crippen LogP contribution in [0.3, 0.4) is 0 Å². The van der Waals surface area contributed by atoms with E-state index < -0.39 is 5.56 Å². The number of hydrogen-bond donors (Lipinski definition) is 1. The standard InChI is InChI=1S/C3H7ClO.C3H9N/c1-2-3(4)5;1-4(2)3/h3,5H,2H2,1H3;1-3H3. The molecule has 0 aromatic heterocycles. The fourth-order valence-electron chi connectivity index (χ4n) is 0. The summed E-state index contributed by atoms with van der Waals surface area (Å²) >= 11 is 5.02. The lowest BCUT2D eigenvalue weighted by atomic mass is 10.5. The summed E-state index contributed by atoms with van der Waals surface area (Å²) in [4.78, 5) is 2.00. The van der Waals surface area contributed by atoms with Crippen LogP contribution in [0.2, 0.25) is 0 Å². The topological polar surface area (TPSA) is 23.5 Å². The van der Waals surface area contributed by atoms with Gasteiger partial charge in [-0.2, -0.15) is 0 Å². The summed E-state index contributed by atoms with van der Waals surface area (Å²) in [6, 6.07) is 0. The Labute approximate surface area is 62.4 Å². The van der Waals surface area contributed by atoms with Gasteiger partial charge in [-0.3, -0.25) is 0 Å². The number of rotatable bonds is 1. The summed E-state index contributed by atoms with van der Waals surface area (Å²) in [6.45, 7) is 1.82. The predicted molar refractivity (Wildman–Crippen MR) is 41.8 cm³/mol. The van der Waals surface area contributed by atoms with Crippen LogP contribution in [0.5, 0.6) is 0 Å². The van der Waals surface area contributed by atoms with Crippen LogP contribution in [0.25, 0.3) is 0 Å². The van der Waals surface area contributed by atoms with Crippen LogP contribution < -0.4 is 0 Å². The molecule has 0 spiro atoms. The van der Waals surface area contributed by atoms with E-state index in [9.17, 15) is 0 Å². The maximum absolute atomic E-state index is 8.13. The van der Waals surface area contributed by atoms with Gasteiger partial charge in [0.05, 0.1) is 0 Å². The summed E-state index contributed by atoms with van der Waals surface area (Å²) in [6.07, 6.45) is 0.627. The molecule has 0 saturated carbocycles. The smallest absolute Gasteiger partial charge is 0.127 e. The van der Waals surface area contributed by atoms with Crippen LogP contribution in [0.1, 0.15) is 13.3 Å². The second kappa shape index (κ2) is 8.21. The van der Waals surface area contributed by atoms with Gasteiger partial charge in [0, 0.05) is 0 Å². The lowest BCUT2D eigenvalue weighted by Crippen LogP contribution is -1.99. The highest BCUT2D eigenvalue weighted by Gasteiger charge is 1.85. The van der Waals surface area contributed by atoms with E-state index in [2.05, 4.69) is 0 Å². The molecule has 3 heteroatoms.